The molecule has 2 aromatic carbocycles. The van der Waals surface area contributed by atoms with E-state index in [0.29, 0.717) is 16.2 Å². The molecule has 1 fully saturated rings. The van der Waals surface area contributed by atoms with Gasteiger partial charge in [0.15, 0.2) is 4.90 Å². The lowest BCUT2D eigenvalue weighted by molar-refractivity contribution is -0.431. The summed E-state index contributed by atoms with van der Waals surface area (Å²) in [5, 5.41) is 14.8. The minimum absolute atomic E-state index is 0.0173. The van der Waals surface area contributed by atoms with Gasteiger partial charge in [0.05, 0.1) is 36.1 Å². The number of ether oxygens (including phenoxy) is 2. The zero-order valence-corrected chi connectivity index (χ0v) is 24.4. The molecule has 2 aromatic rings. The molecule has 0 radical (unpaired) electrons. The van der Waals surface area contributed by atoms with Crippen LogP contribution in [0.25, 0.3) is 0 Å². The summed E-state index contributed by atoms with van der Waals surface area (Å²) >= 11 is -1.44. The molecule has 0 aromatic heterocycles. The highest BCUT2D eigenvalue weighted by Crippen LogP contribution is 2.40. The van der Waals surface area contributed by atoms with Crippen LogP contribution in [0.15, 0.2) is 76.2 Å². The molecule has 3 N–H and O–H groups in total. The maximum atomic E-state index is 13.5. The number of nitrogens with two attached hydrogens (primary N) is 1. The molecule has 1 saturated heterocycles. The van der Waals surface area contributed by atoms with Gasteiger partial charge in [0.25, 0.3) is 5.70 Å². The summed E-state index contributed by atoms with van der Waals surface area (Å²) in [5.41, 5.74) is 7.55. The number of carbonyl (C=O) groups is 1. The first-order chi connectivity index (χ1) is 19.8. The van der Waals surface area contributed by atoms with E-state index in [-0.39, 0.29) is 22.8 Å². The van der Waals surface area contributed by atoms with E-state index in [1.54, 1.807) is 31.4 Å². The number of allylic oxidation sites excluding steroid dienone is 2. The fraction of sp³-hybridized carbons (Fsp3) is 0.414. The van der Waals surface area contributed by atoms with Crippen molar-refractivity contribution in [3.63, 3.8) is 0 Å². The fourth-order valence-electron chi connectivity index (χ4n) is 5.43. The summed E-state index contributed by atoms with van der Waals surface area (Å²) in [5.74, 6) is -0.638. The number of nitro groups is 1. The van der Waals surface area contributed by atoms with Gasteiger partial charge in [-0.3, -0.25) is 15.0 Å². The van der Waals surface area contributed by atoms with Crippen LogP contribution in [-0.2, 0) is 20.7 Å². The monoisotopic (exact) mass is 583 g/mol. The molecule has 2 aliphatic rings. The van der Waals surface area contributed by atoms with Crippen molar-refractivity contribution in [1.82, 2.24) is 10.2 Å². The molecular formula is C29H37N5O6S. The number of nitrogens with zero attached hydrogens (tertiary/aromatic N) is 3. The third-order valence-corrected chi connectivity index (χ3v) is 9.01. The van der Waals surface area contributed by atoms with Crippen LogP contribution in [-0.4, -0.2) is 73.0 Å². The second-order valence-electron chi connectivity index (χ2n) is 9.94. The zero-order chi connectivity index (χ0) is 29.5. The zero-order valence-electron chi connectivity index (χ0n) is 23.6. The van der Waals surface area contributed by atoms with Crippen LogP contribution in [0.1, 0.15) is 31.2 Å². The van der Waals surface area contributed by atoms with Crippen molar-refractivity contribution in [3.8, 4) is 5.75 Å². The summed E-state index contributed by atoms with van der Waals surface area (Å²) in [6.45, 7) is 6.09. The molecule has 12 heteroatoms. The number of nitrogens with one attached hydrogen (secondary N) is 1. The number of hydrogen-bond donors (Lipinski definition) is 2. The Balaban J connectivity index is 1.39. The number of piperazine rings is 1. The average molecular weight is 584 g/mol. The van der Waals surface area contributed by atoms with Crippen molar-refractivity contribution >= 4 is 22.8 Å². The minimum Gasteiger partial charge on any atom is -0.611 e. The highest BCUT2D eigenvalue weighted by molar-refractivity contribution is 7.91. The second kappa shape index (κ2) is 13.7. The number of carbonyl (C=O) groups excluding carboxylic acids is 1. The number of para-hydroxylation sites is 2. The first kappa shape index (κ1) is 30.2. The Morgan fingerprint density at radius 3 is 2.46 bits per heavy atom. The molecule has 41 heavy (non-hydrogen) atoms. The van der Waals surface area contributed by atoms with E-state index in [2.05, 4.69) is 21.2 Å². The number of rotatable bonds is 11. The number of unbranched alkanes of at least 4 members (excludes halogenated alkanes) is 1. The molecule has 0 aliphatic carbocycles. The highest BCUT2D eigenvalue weighted by Gasteiger charge is 2.43. The number of anilines is 1. The Bertz CT molecular complexity index is 1320. The molecule has 0 spiro atoms. The van der Waals surface area contributed by atoms with Crippen LogP contribution in [0.5, 0.6) is 5.75 Å². The van der Waals surface area contributed by atoms with E-state index >= 15 is 0 Å². The van der Waals surface area contributed by atoms with Gasteiger partial charge in [0, 0.05) is 31.7 Å². The van der Waals surface area contributed by atoms with Gasteiger partial charge in [-0.1, -0.05) is 30.3 Å². The Labute approximate surface area is 243 Å². The lowest BCUT2D eigenvalue weighted by Crippen LogP contribution is -2.46. The molecule has 0 bridgehead atoms. The standard InChI is InChI=1S/C29H37N5O6S/c1-20-27(34(36)37)25(26(28(30)31-20)29(35)40-3)21-10-4-7-13-24(21)41(38)19-9-8-14-32-15-17-33(18-16-32)22-11-5-6-12-23(22)39-2/h4-7,10-13,25,31H,8-9,14-19,30H2,1-3H3. The van der Waals surface area contributed by atoms with E-state index in [1.807, 2.05) is 18.2 Å². The van der Waals surface area contributed by atoms with E-state index in [0.717, 1.165) is 57.0 Å². The van der Waals surface area contributed by atoms with Crippen LogP contribution < -0.4 is 20.7 Å². The molecule has 2 aliphatic heterocycles. The van der Waals surface area contributed by atoms with E-state index in [1.165, 1.54) is 14.0 Å². The SMILES string of the molecule is COC(=O)C1=C(N)NC(C)=C([N+](=O)[O-])C1c1ccccc1[S+]([O-])CCCCN1CCN(c2ccccc2OC)CC1. The average Bonchev–Trinajstić information content (AvgIpc) is 2.98. The van der Waals surface area contributed by atoms with Crippen LogP contribution >= 0.6 is 0 Å². The largest absolute Gasteiger partial charge is 0.611 e. The molecule has 220 valence electrons. The molecule has 0 amide bonds. The van der Waals surface area contributed by atoms with Crippen molar-refractivity contribution in [3.05, 3.63) is 87.0 Å². The highest BCUT2D eigenvalue weighted by atomic mass is 32.2. The molecule has 4 rings (SSSR count). The molecule has 11 nitrogen and oxygen atoms in total. The smallest absolute Gasteiger partial charge is 0.338 e. The van der Waals surface area contributed by atoms with Gasteiger partial charge in [-0.15, -0.1) is 0 Å². The topological polar surface area (TPSA) is 146 Å². The lowest BCUT2D eigenvalue weighted by Gasteiger charge is -2.36. The van der Waals surface area contributed by atoms with Gasteiger partial charge in [-0.05, 0) is 55.7 Å². The van der Waals surface area contributed by atoms with Crippen molar-refractivity contribution < 1.29 is 23.7 Å². The maximum absolute atomic E-state index is 13.5. The van der Waals surface area contributed by atoms with Gasteiger partial charge in [0.1, 0.15) is 23.2 Å². The fourth-order valence-corrected chi connectivity index (χ4v) is 6.80. The first-order valence-electron chi connectivity index (χ1n) is 13.5. The number of hydrogen-bond acceptors (Lipinski definition) is 10. The number of benzene rings is 2. The third kappa shape index (κ3) is 6.77. The normalized spacial score (nSPS) is 18.6. The van der Waals surface area contributed by atoms with E-state index < -0.39 is 28.0 Å². The van der Waals surface area contributed by atoms with Gasteiger partial charge < -0.3 is 30.0 Å². The van der Waals surface area contributed by atoms with Gasteiger partial charge in [-0.2, -0.15) is 0 Å². The Morgan fingerprint density at radius 2 is 1.78 bits per heavy atom. The minimum atomic E-state index is -1.44. The summed E-state index contributed by atoms with van der Waals surface area (Å²) < 4.78 is 23.9. The Morgan fingerprint density at radius 1 is 1.10 bits per heavy atom. The van der Waals surface area contributed by atoms with Gasteiger partial charge in [-0.25, -0.2) is 4.79 Å². The second-order valence-corrected chi connectivity index (χ2v) is 11.5. The predicted molar refractivity (Wildman–Crippen MR) is 157 cm³/mol. The Kier molecular flexibility index (Phi) is 10.1. The number of dihydropyridines is 1. The Hall–Kier alpha value is -3.74. The summed E-state index contributed by atoms with van der Waals surface area (Å²) in [7, 11) is 2.88. The lowest BCUT2D eigenvalue weighted by atomic mass is 9.85. The molecule has 2 heterocycles. The molecule has 2 unspecified atom stereocenters. The van der Waals surface area contributed by atoms with Crippen molar-refractivity contribution in [2.45, 2.75) is 30.6 Å². The van der Waals surface area contributed by atoms with Gasteiger partial charge in [0.2, 0.25) is 0 Å². The first-order valence-corrected chi connectivity index (χ1v) is 14.9. The summed E-state index contributed by atoms with van der Waals surface area (Å²) in [4.78, 5) is 29.4. The van der Waals surface area contributed by atoms with E-state index in [4.69, 9.17) is 15.2 Å². The van der Waals surface area contributed by atoms with Gasteiger partial charge >= 0.3 is 5.97 Å². The van der Waals surface area contributed by atoms with Crippen LogP contribution in [0.3, 0.4) is 0 Å². The quantitative estimate of drug-likeness (QED) is 0.133. The van der Waals surface area contributed by atoms with E-state index in [9.17, 15) is 19.5 Å². The van der Waals surface area contributed by atoms with Crippen molar-refractivity contribution in [1.29, 1.82) is 0 Å². The van der Waals surface area contributed by atoms with Crippen LogP contribution in [0.2, 0.25) is 0 Å². The van der Waals surface area contributed by atoms with Crippen LogP contribution in [0.4, 0.5) is 5.69 Å². The molecule has 2 atom stereocenters. The number of methoxy groups -OCH3 is 2. The summed E-state index contributed by atoms with van der Waals surface area (Å²) in [6, 6.07) is 14.9. The van der Waals surface area contributed by atoms with Crippen molar-refractivity contribution in [2.24, 2.45) is 5.73 Å². The van der Waals surface area contributed by atoms with Crippen molar-refractivity contribution in [2.75, 3.05) is 57.6 Å². The predicted octanol–water partition coefficient (Wildman–Crippen LogP) is 2.94. The molecular weight excluding hydrogens is 546 g/mol. The maximum Gasteiger partial charge on any atom is 0.338 e. The summed E-state index contributed by atoms with van der Waals surface area (Å²) in [6.07, 6.45) is 1.59. The molecule has 0 saturated carbocycles. The van der Waals surface area contributed by atoms with Crippen LogP contribution in [0, 0.1) is 10.1 Å². The number of esters is 1. The third-order valence-electron chi connectivity index (χ3n) is 7.49.